The smallest absolute Gasteiger partial charge is 0.227 e. The van der Waals surface area contributed by atoms with E-state index in [0.717, 1.165) is 60.6 Å². The number of hydrogen-bond acceptors (Lipinski definition) is 6. The van der Waals surface area contributed by atoms with Gasteiger partial charge in [-0.1, -0.05) is 152 Å². The van der Waals surface area contributed by atoms with Crippen molar-refractivity contribution in [3.63, 3.8) is 0 Å². The second kappa shape index (κ2) is 13.0. The fourth-order valence-corrected chi connectivity index (χ4v) is 7.52. The summed E-state index contributed by atoms with van der Waals surface area (Å²) in [5.74, 6) is 2.29. The molecule has 0 aliphatic carbocycles. The van der Waals surface area contributed by atoms with Gasteiger partial charge in [-0.05, 0) is 57.3 Å². The van der Waals surface area contributed by atoms with Crippen LogP contribution in [0.1, 0.15) is 0 Å². The summed E-state index contributed by atoms with van der Waals surface area (Å²) in [5.41, 5.74) is 11.0. The molecule has 3 heterocycles. The molecule has 0 amide bonds. The zero-order valence-electron chi connectivity index (χ0n) is 29.9. The summed E-state index contributed by atoms with van der Waals surface area (Å²) in [6.45, 7) is 0. The molecule has 3 aromatic heterocycles. The van der Waals surface area contributed by atoms with Gasteiger partial charge in [0.1, 0.15) is 16.7 Å². The highest BCUT2D eigenvalue weighted by molar-refractivity contribution is 6.14. The van der Waals surface area contributed by atoms with E-state index in [-0.39, 0.29) is 0 Å². The van der Waals surface area contributed by atoms with E-state index in [1.165, 1.54) is 16.5 Å². The van der Waals surface area contributed by atoms with E-state index in [0.29, 0.717) is 34.5 Å². The van der Waals surface area contributed by atoms with Crippen LogP contribution in [-0.2, 0) is 0 Å². The molecule has 0 radical (unpaired) electrons. The monoisotopic (exact) mass is 718 g/mol. The molecule has 6 nitrogen and oxygen atoms in total. The summed E-state index contributed by atoms with van der Waals surface area (Å²) < 4.78 is 12.9. The van der Waals surface area contributed by atoms with Crippen LogP contribution in [-0.4, -0.2) is 19.9 Å². The summed E-state index contributed by atoms with van der Waals surface area (Å²) in [7, 11) is 0. The first-order chi connectivity index (χ1) is 27.7. The molecule has 0 saturated carbocycles. The van der Waals surface area contributed by atoms with Crippen LogP contribution < -0.4 is 0 Å². The molecule has 8 aromatic carbocycles. The van der Waals surface area contributed by atoms with E-state index in [9.17, 15) is 0 Å². The Balaban J connectivity index is 1.00. The molecule has 0 spiro atoms. The van der Waals surface area contributed by atoms with E-state index in [4.69, 9.17) is 28.8 Å². The number of oxazole rings is 1. The molecular weight excluding hydrogens is 689 g/mol. The van der Waals surface area contributed by atoms with Crippen molar-refractivity contribution in [2.45, 2.75) is 0 Å². The van der Waals surface area contributed by atoms with Crippen LogP contribution in [0.5, 0.6) is 0 Å². The van der Waals surface area contributed by atoms with Crippen LogP contribution in [0, 0.1) is 0 Å². The van der Waals surface area contributed by atoms with Gasteiger partial charge in [-0.2, -0.15) is 0 Å². The third kappa shape index (κ3) is 5.60. The average molecular weight is 719 g/mol. The lowest BCUT2D eigenvalue weighted by atomic mass is 9.99. The molecule has 0 aliphatic rings. The Hall–Kier alpha value is -7.70. The fraction of sp³-hybridized carbons (Fsp3) is 0. The number of fused-ring (bicyclic) bond motifs is 5. The molecule has 0 fully saturated rings. The topological polar surface area (TPSA) is 77.8 Å². The standard InChI is InChI=1S/C50H30N4O2/c1-3-10-31(11-4-1)33-18-20-34(21-19-33)35-22-25-37(26-23-35)48-52-47(36-13-5-2-6-14-36)53-49(54-48)40-16-9-17-43-46(40)41-29-45-42(30-44(41)55-43)51-50(56-45)39-27-24-32-12-7-8-15-38(32)28-39/h1-30H. The maximum absolute atomic E-state index is 6.46. The molecule has 56 heavy (non-hydrogen) atoms. The second-order valence-corrected chi connectivity index (χ2v) is 13.9. The maximum Gasteiger partial charge on any atom is 0.227 e. The first kappa shape index (κ1) is 31.8. The van der Waals surface area contributed by atoms with Crippen LogP contribution in [0.4, 0.5) is 0 Å². The first-order valence-electron chi connectivity index (χ1n) is 18.5. The zero-order chi connectivity index (χ0) is 37.0. The Bertz CT molecular complexity index is 3220. The van der Waals surface area contributed by atoms with E-state index in [1.807, 2.05) is 84.9 Å². The van der Waals surface area contributed by atoms with E-state index >= 15 is 0 Å². The number of aromatic nitrogens is 4. The first-order valence-corrected chi connectivity index (χ1v) is 18.5. The molecule has 6 heteroatoms. The third-order valence-corrected chi connectivity index (χ3v) is 10.4. The number of nitrogens with zero attached hydrogens (tertiary/aromatic N) is 4. The lowest BCUT2D eigenvalue weighted by molar-refractivity contribution is 0.620. The van der Waals surface area contributed by atoms with E-state index < -0.39 is 0 Å². The molecule has 0 saturated heterocycles. The summed E-state index contributed by atoms with van der Waals surface area (Å²) in [6, 6.07) is 62.0. The van der Waals surface area contributed by atoms with Gasteiger partial charge in [0.2, 0.25) is 5.89 Å². The quantitative estimate of drug-likeness (QED) is 0.170. The van der Waals surface area contributed by atoms with Crippen LogP contribution in [0.2, 0.25) is 0 Å². The molecule has 11 rings (SSSR count). The largest absolute Gasteiger partial charge is 0.456 e. The van der Waals surface area contributed by atoms with Gasteiger partial charge in [0, 0.05) is 39.1 Å². The number of furan rings is 1. The zero-order valence-corrected chi connectivity index (χ0v) is 29.9. The molecular formula is C50H30N4O2. The van der Waals surface area contributed by atoms with Gasteiger partial charge in [0.05, 0.1) is 0 Å². The Morgan fingerprint density at radius 2 is 0.875 bits per heavy atom. The maximum atomic E-state index is 6.46. The lowest BCUT2D eigenvalue weighted by Gasteiger charge is -2.10. The van der Waals surface area contributed by atoms with Gasteiger partial charge in [0.15, 0.2) is 23.1 Å². The van der Waals surface area contributed by atoms with E-state index in [2.05, 4.69) is 97.1 Å². The highest BCUT2D eigenvalue weighted by atomic mass is 16.4. The van der Waals surface area contributed by atoms with Crippen molar-refractivity contribution in [3.05, 3.63) is 182 Å². The van der Waals surface area contributed by atoms with Gasteiger partial charge < -0.3 is 8.83 Å². The molecule has 0 atom stereocenters. The molecule has 11 aromatic rings. The predicted molar refractivity (Wildman–Crippen MR) is 225 cm³/mol. The van der Waals surface area contributed by atoms with Gasteiger partial charge in [0.25, 0.3) is 0 Å². The SMILES string of the molecule is c1ccc(-c2ccc(-c3ccc(-c4nc(-c5ccccc5)nc(-c5cccc6oc7cc8nc(-c9ccc%10ccccc%10c9)oc8cc7c56)n4)cc3)cc2)cc1. The normalized spacial score (nSPS) is 11.6. The van der Waals surface area contributed by atoms with Crippen molar-refractivity contribution in [2.75, 3.05) is 0 Å². The Kier molecular flexibility index (Phi) is 7.38. The molecule has 0 aliphatic heterocycles. The van der Waals surface area contributed by atoms with Crippen molar-refractivity contribution in [3.8, 4) is 67.9 Å². The number of benzene rings is 8. The summed E-state index contributed by atoms with van der Waals surface area (Å²) in [4.78, 5) is 20.0. The highest BCUT2D eigenvalue weighted by Crippen LogP contribution is 2.39. The highest BCUT2D eigenvalue weighted by Gasteiger charge is 2.20. The van der Waals surface area contributed by atoms with Crippen LogP contribution >= 0.6 is 0 Å². The molecule has 0 bridgehead atoms. The Labute approximate surface area is 321 Å². The Morgan fingerprint density at radius 3 is 1.57 bits per heavy atom. The molecule has 262 valence electrons. The van der Waals surface area contributed by atoms with Gasteiger partial charge >= 0.3 is 0 Å². The van der Waals surface area contributed by atoms with E-state index in [1.54, 1.807) is 0 Å². The minimum Gasteiger partial charge on any atom is -0.456 e. The van der Waals surface area contributed by atoms with Crippen molar-refractivity contribution < 1.29 is 8.83 Å². The third-order valence-electron chi connectivity index (χ3n) is 10.4. The summed E-state index contributed by atoms with van der Waals surface area (Å²) >= 11 is 0. The minimum absolute atomic E-state index is 0.553. The van der Waals surface area contributed by atoms with Gasteiger partial charge in [-0.25, -0.2) is 19.9 Å². The van der Waals surface area contributed by atoms with Crippen molar-refractivity contribution in [1.29, 1.82) is 0 Å². The van der Waals surface area contributed by atoms with Crippen LogP contribution in [0.15, 0.2) is 191 Å². The summed E-state index contributed by atoms with van der Waals surface area (Å²) in [5, 5.41) is 4.10. The van der Waals surface area contributed by atoms with Crippen LogP contribution in [0.25, 0.3) is 112 Å². The van der Waals surface area contributed by atoms with Crippen LogP contribution in [0.3, 0.4) is 0 Å². The predicted octanol–water partition coefficient (Wildman–Crippen LogP) is 13.1. The number of rotatable bonds is 6. The van der Waals surface area contributed by atoms with Crippen molar-refractivity contribution in [1.82, 2.24) is 19.9 Å². The second-order valence-electron chi connectivity index (χ2n) is 13.9. The molecule has 0 N–H and O–H groups in total. The average Bonchev–Trinajstić information content (AvgIpc) is 3.86. The van der Waals surface area contributed by atoms with Gasteiger partial charge in [-0.15, -0.1) is 0 Å². The number of hydrogen-bond donors (Lipinski definition) is 0. The molecule has 0 unspecified atom stereocenters. The minimum atomic E-state index is 0.553. The van der Waals surface area contributed by atoms with Gasteiger partial charge in [-0.3, -0.25) is 0 Å². The van der Waals surface area contributed by atoms with Crippen molar-refractivity contribution >= 4 is 43.8 Å². The Morgan fingerprint density at radius 1 is 0.321 bits per heavy atom. The summed E-state index contributed by atoms with van der Waals surface area (Å²) in [6.07, 6.45) is 0. The lowest BCUT2D eigenvalue weighted by Crippen LogP contribution is -2.00. The fourth-order valence-electron chi connectivity index (χ4n) is 7.52. The van der Waals surface area contributed by atoms with Crippen molar-refractivity contribution in [2.24, 2.45) is 0 Å².